The van der Waals surface area contributed by atoms with Crippen molar-refractivity contribution in [3.8, 4) is 11.5 Å². The molecule has 0 amide bonds. The molecule has 1 heterocycles. The van der Waals surface area contributed by atoms with Crippen molar-refractivity contribution in [3.63, 3.8) is 0 Å². The molecule has 9 nitrogen and oxygen atoms in total. The third-order valence-corrected chi connectivity index (χ3v) is 9.33. The summed E-state index contributed by atoms with van der Waals surface area (Å²) in [6.07, 6.45) is 1.67. The molecule has 45 heavy (non-hydrogen) atoms. The zero-order chi connectivity index (χ0) is 32.8. The maximum Gasteiger partial charge on any atom is 0.335 e. The predicted molar refractivity (Wildman–Crippen MR) is 170 cm³/mol. The molecule has 2 aromatic rings. The van der Waals surface area contributed by atoms with Gasteiger partial charge in [-0.2, -0.15) is 0 Å². The average molecular weight is 681 g/mol. The van der Waals surface area contributed by atoms with Crippen LogP contribution in [0.2, 0.25) is 0 Å². The van der Waals surface area contributed by atoms with Gasteiger partial charge in [-0.25, -0.2) is 4.79 Å². The Kier molecular flexibility index (Phi) is 8.74. The van der Waals surface area contributed by atoms with Gasteiger partial charge < -0.3 is 24.6 Å². The molecule has 3 aliphatic rings. The third kappa shape index (κ3) is 6.57. The van der Waals surface area contributed by atoms with Crippen LogP contribution in [-0.4, -0.2) is 52.3 Å². The van der Waals surface area contributed by atoms with Gasteiger partial charge in [-0.05, 0) is 75.0 Å². The number of aromatic carboxylic acids is 1. The monoisotopic (exact) mass is 679 g/mol. The molecule has 2 aromatic carbocycles. The molecule has 0 aromatic heterocycles. The number of ether oxygens (including phenoxy) is 2. The number of allylic oxidation sites excluding steroid dienone is 4. The van der Waals surface area contributed by atoms with Crippen molar-refractivity contribution in [3.05, 3.63) is 80.1 Å². The lowest BCUT2D eigenvalue weighted by molar-refractivity contribution is -0.137. The lowest BCUT2D eigenvalue weighted by Gasteiger charge is -2.49. The van der Waals surface area contributed by atoms with E-state index in [0.717, 1.165) is 17.0 Å². The maximum atomic E-state index is 14.0. The van der Waals surface area contributed by atoms with Crippen LogP contribution < -0.4 is 9.47 Å². The molecule has 238 valence electrons. The summed E-state index contributed by atoms with van der Waals surface area (Å²) in [4.78, 5) is 52.9. The first-order chi connectivity index (χ1) is 21.1. The summed E-state index contributed by atoms with van der Waals surface area (Å²) in [5.74, 6) is -1.83. The lowest BCUT2D eigenvalue weighted by atomic mass is 9.63. The number of halogens is 1. The second-order valence-electron chi connectivity index (χ2n) is 13.7. The van der Waals surface area contributed by atoms with Gasteiger partial charge in [0.2, 0.25) is 0 Å². The molecule has 0 atom stereocenters. The fourth-order valence-corrected chi connectivity index (χ4v) is 7.38. The van der Waals surface area contributed by atoms with E-state index in [-0.39, 0.29) is 47.5 Å². The van der Waals surface area contributed by atoms with E-state index >= 15 is 0 Å². The molecular weight excluding hydrogens is 642 g/mol. The molecule has 0 radical (unpaired) electrons. The first-order valence-corrected chi connectivity index (χ1v) is 15.7. The van der Waals surface area contributed by atoms with Crippen LogP contribution >= 0.6 is 15.9 Å². The van der Waals surface area contributed by atoms with Crippen LogP contribution in [0.5, 0.6) is 11.5 Å². The maximum absolute atomic E-state index is 14.0. The second kappa shape index (κ2) is 12.1. The highest BCUT2D eigenvalue weighted by Crippen LogP contribution is 2.55. The number of carboxylic acids is 2. The number of hydrogen-bond acceptors (Lipinski definition) is 7. The van der Waals surface area contributed by atoms with Crippen molar-refractivity contribution < 1.29 is 38.9 Å². The van der Waals surface area contributed by atoms with Crippen molar-refractivity contribution in [2.24, 2.45) is 10.8 Å². The highest BCUT2D eigenvalue weighted by molar-refractivity contribution is 9.10. The summed E-state index contributed by atoms with van der Waals surface area (Å²) in [7, 11) is 1.52. The largest absolute Gasteiger partial charge is 0.493 e. The van der Waals surface area contributed by atoms with E-state index in [1.54, 1.807) is 18.2 Å². The number of ketones is 2. The molecule has 2 aliphatic carbocycles. The van der Waals surface area contributed by atoms with E-state index in [1.807, 2.05) is 38.7 Å². The summed E-state index contributed by atoms with van der Waals surface area (Å²) < 4.78 is 12.5. The molecule has 0 bridgehead atoms. The van der Waals surface area contributed by atoms with Crippen LogP contribution in [0, 0.1) is 10.8 Å². The van der Waals surface area contributed by atoms with Gasteiger partial charge in [0.05, 0.1) is 23.6 Å². The van der Waals surface area contributed by atoms with Gasteiger partial charge in [-0.15, -0.1) is 0 Å². The molecule has 0 spiro atoms. The van der Waals surface area contributed by atoms with Crippen LogP contribution in [0.3, 0.4) is 0 Å². The van der Waals surface area contributed by atoms with E-state index in [2.05, 4.69) is 15.9 Å². The Morgan fingerprint density at radius 1 is 0.911 bits per heavy atom. The quantitative estimate of drug-likeness (QED) is 0.291. The third-order valence-electron chi connectivity index (χ3n) is 8.74. The molecule has 0 unspecified atom stereocenters. The smallest absolute Gasteiger partial charge is 0.335 e. The van der Waals surface area contributed by atoms with E-state index in [9.17, 15) is 29.4 Å². The number of rotatable bonds is 9. The SMILES string of the molecule is COc1cc(C2C3=C(CC(C)(C)CC3=O)N(CCC(=O)O)C3=C2C(=O)CC(C)(C)C3)cc(Br)c1OCc1ccc(C(=O)O)cc1. The van der Waals surface area contributed by atoms with Crippen molar-refractivity contribution in [2.45, 2.75) is 72.3 Å². The Hall–Kier alpha value is -3.92. The number of carbonyl (C=O) groups excluding carboxylic acids is 2. The highest BCUT2D eigenvalue weighted by Gasteiger charge is 2.49. The van der Waals surface area contributed by atoms with Gasteiger partial charge in [0.1, 0.15) is 6.61 Å². The van der Waals surface area contributed by atoms with Crippen molar-refractivity contribution in [1.82, 2.24) is 4.90 Å². The Balaban J connectivity index is 1.62. The average Bonchev–Trinajstić information content (AvgIpc) is 2.93. The van der Waals surface area contributed by atoms with Crippen LogP contribution in [-0.2, 0) is 21.0 Å². The standard InChI is InChI=1S/C35H38BrNO8/c1-34(2)14-23-30(25(38)16-34)29(31-24(37(23)11-10-28(40)41)15-35(3,4)17-26(31)39)21-12-22(36)32(27(13-21)44-5)45-18-19-6-8-20(9-7-19)33(42)43/h6-9,12-13,29H,10-11,14-18H2,1-5H3,(H,40,41)(H,42,43). The summed E-state index contributed by atoms with van der Waals surface area (Å²) in [5.41, 5.74) is 3.69. The molecule has 0 saturated carbocycles. The van der Waals surface area contributed by atoms with E-state index in [1.165, 1.54) is 19.2 Å². The Bertz CT molecular complexity index is 1600. The molecule has 1 aliphatic heterocycles. The number of nitrogens with zero attached hydrogens (tertiary/aromatic N) is 1. The zero-order valence-corrected chi connectivity index (χ0v) is 27.7. The number of hydrogen-bond donors (Lipinski definition) is 2. The van der Waals surface area contributed by atoms with Gasteiger partial charge in [-0.3, -0.25) is 14.4 Å². The van der Waals surface area contributed by atoms with Crippen molar-refractivity contribution in [2.75, 3.05) is 13.7 Å². The fraction of sp³-hybridized carbons (Fsp3) is 0.429. The Morgan fingerprint density at radius 2 is 1.47 bits per heavy atom. The van der Waals surface area contributed by atoms with E-state index in [0.29, 0.717) is 58.4 Å². The summed E-state index contributed by atoms with van der Waals surface area (Å²) in [6, 6.07) is 10.1. The fourth-order valence-electron chi connectivity index (χ4n) is 6.80. The van der Waals surface area contributed by atoms with Gasteiger partial charge in [0.15, 0.2) is 23.1 Å². The number of benzene rings is 2. The Labute approximate surface area is 271 Å². The molecule has 0 saturated heterocycles. The molecule has 5 rings (SSSR count). The number of aliphatic carboxylic acids is 1. The molecular formula is C35H38BrNO8. The lowest BCUT2D eigenvalue weighted by Crippen LogP contribution is -2.45. The molecule has 2 N–H and O–H groups in total. The number of Topliss-reactive ketones (excluding diaryl/α,β-unsaturated/α-hetero) is 2. The van der Waals surface area contributed by atoms with Crippen molar-refractivity contribution >= 4 is 39.4 Å². The summed E-state index contributed by atoms with van der Waals surface area (Å²) >= 11 is 3.64. The normalized spacial score (nSPS) is 19.3. The predicted octanol–water partition coefficient (Wildman–Crippen LogP) is 6.90. The summed E-state index contributed by atoms with van der Waals surface area (Å²) in [6.45, 7) is 8.50. The van der Waals surface area contributed by atoms with Crippen LogP contribution in [0.1, 0.15) is 87.2 Å². The van der Waals surface area contributed by atoms with Gasteiger partial charge in [-0.1, -0.05) is 39.8 Å². The first-order valence-electron chi connectivity index (χ1n) is 14.9. The minimum Gasteiger partial charge on any atom is -0.493 e. The van der Waals surface area contributed by atoms with Crippen LogP contribution in [0.4, 0.5) is 0 Å². The second-order valence-corrected chi connectivity index (χ2v) is 14.5. The minimum absolute atomic E-state index is 0.0454. The summed E-state index contributed by atoms with van der Waals surface area (Å²) in [5, 5.41) is 18.8. The van der Waals surface area contributed by atoms with Gasteiger partial charge in [0.25, 0.3) is 0 Å². The van der Waals surface area contributed by atoms with Crippen LogP contribution in [0.25, 0.3) is 0 Å². The first kappa shape index (κ1) is 32.5. The molecule has 0 fully saturated rings. The number of carboxylic acid groups (broad SMARTS) is 2. The van der Waals surface area contributed by atoms with Crippen molar-refractivity contribution in [1.29, 1.82) is 0 Å². The molecule has 10 heteroatoms. The number of methoxy groups -OCH3 is 1. The van der Waals surface area contributed by atoms with Gasteiger partial charge in [0, 0.05) is 47.8 Å². The zero-order valence-electron chi connectivity index (χ0n) is 26.2. The van der Waals surface area contributed by atoms with E-state index in [4.69, 9.17) is 9.47 Å². The minimum atomic E-state index is -1.01. The Morgan fingerprint density at radius 3 is 1.96 bits per heavy atom. The van der Waals surface area contributed by atoms with E-state index < -0.39 is 17.9 Å². The highest BCUT2D eigenvalue weighted by atomic mass is 79.9. The topological polar surface area (TPSA) is 130 Å². The number of carbonyl (C=O) groups is 4. The van der Waals surface area contributed by atoms with Crippen LogP contribution in [0.15, 0.2) is 63.4 Å². The van der Waals surface area contributed by atoms with Gasteiger partial charge >= 0.3 is 11.9 Å².